The second-order valence-electron chi connectivity index (χ2n) is 5.52. The Labute approximate surface area is 146 Å². The Morgan fingerprint density at radius 1 is 1.46 bits per heavy atom. The third kappa shape index (κ3) is 3.82. The molecule has 24 heavy (non-hydrogen) atoms. The van der Waals surface area contributed by atoms with E-state index in [2.05, 4.69) is 11.6 Å². The van der Waals surface area contributed by atoms with Gasteiger partial charge in [-0.05, 0) is 32.8 Å². The second-order valence-corrected chi connectivity index (χ2v) is 6.41. The highest BCUT2D eigenvalue weighted by molar-refractivity contribution is 7.09. The molecule has 0 N–H and O–H groups in total. The van der Waals surface area contributed by atoms with E-state index in [-0.39, 0.29) is 11.9 Å². The lowest BCUT2D eigenvalue weighted by molar-refractivity contribution is -0.135. The fourth-order valence-electron chi connectivity index (χ4n) is 2.71. The predicted octanol–water partition coefficient (Wildman–Crippen LogP) is 3.35. The molecule has 0 spiro atoms. The molecule has 5 nitrogen and oxygen atoms in total. The van der Waals surface area contributed by atoms with Crippen LogP contribution in [0.4, 0.5) is 0 Å². The number of ether oxygens (including phenoxy) is 1. The molecule has 6 heteroatoms. The van der Waals surface area contributed by atoms with Crippen LogP contribution in [-0.2, 0) is 14.3 Å². The zero-order valence-electron chi connectivity index (χ0n) is 14.2. The Kier molecular flexibility index (Phi) is 6.09. The largest absolute Gasteiger partial charge is 0.465 e. The Morgan fingerprint density at radius 3 is 2.75 bits per heavy atom. The molecule has 0 saturated carbocycles. The summed E-state index contributed by atoms with van der Waals surface area (Å²) in [6.07, 6.45) is 6.47. The van der Waals surface area contributed by atoms with E-state index < -0.39 is 5.97 Å². The number of hydrogen-bond acceptors (Lipinski definition) is 5. The smallest absolute Gasteiger partial charge is 0.337 e. The molecule has 1 aromatic heterocycles. The molecule has 1 aliphatic heterocycles. The van der Waals surface area contributed by atoms with Crippen molar-refractivity contribution in [2.45, 2.75) is 32.7 Å². The van der Waals surface area contributed by atoms with Crippen LogP contribution in [0.3, 0.4) is 0 Å². The van der Waals surface area contributed by atoms with E-state index in [1.165, 1.54) is 19.3 Å². The van der Waals surface area contributed by atoms with Gasteiger partial charge >= 0.3 is 5.97 Å². The minimum absolute atomic E-state index is 0.00765. The predicted molar refractivity (Wildman–Crippen MR) is 94.6 cm³/mol. The van der Waals surface area contributed by atoms with Gasteiger partial charge in [0.15, 0.2) is 0 Å². The van der Waals surface area contributed by atoms with Gasteiger partial charge in [-0.1, -0.05) is 18.7 Å². The van der Waals surface area contributed by atoms with Crippen molar-refractivity contribution in [3.63, 3.8) is 0 Å². The molecule has 0 radical (unpaired) electrons. The van der Waals surface area contributed by atoms with E-state index in [1.807, 2.05) is 17.2 Å². The summed E-state index contributed by atoms with van der Waals surface area (Å²) in [6, 6.07) is -0.00765. The van der Waals surface area contributed by atoms with Crippen molar-refractivity contribution in [1.82, 2.24) is 9.88 Å². The second kappa shape index (κ2) is 8.06. The Balaban J connectivity index is 2.27. The van der Waals surface area contributed by atoms with E-state index in [9.17, 15) is 9.59 Å². The molecule has 0 aliphatic carbocycles. The first-order chi connectivity index (χ1) is 11.5. The standard InChI is InChI=1S/C18H22N2O3S/c1-5-13(10-14(6-2)18(22)23-4)17(21)20-9-7-8-15(20)16-19-12(3)11-24-16/h5-6,10-11,15H,1,7-9H2,2-4H3/b13-10+,14-6+. The minimum atomic E-state index is -0.474. The maximum atomic E-state index is 12.9. The zero-order chi connectivity index (χ0) is 17.7. The van der Waals surface area contributed by atoms with Gasteiger partial charge < -0.3 is 9.64 Å². The number of nitrogens with zero attached hydrogens (tertiary/aromatic N) is 2. The lowest BCUT2D eigenvalue weighted by Gasteiger charge is -2.23. The molecule has 1 fully saturated rings. The number of carbonyl (C=O) groups is 2. The molecule has 2 heterocycles. The number of hydrogen-bond donors (Lipinski definition) is 0. The van der Waals surface area contributed by atoms with Crippen molar-refractivity contribution in [3.8, 4) is 0 Å². The van der Waals surface area contributed by atoms with Gasteiger partial charge in [0.2, 0.25) is 0 Å². The van der Waals surface area contributed by atoms with Crippen LogP contribution in [-0.4, -0.2) is 35.4 Å². The average molecular weight is 346 g/mol. The summed E-state index contributed by atoms with van der Waals surface area (Å²) in [7, 11) is 1.32. The van der Waals surface area contributed by atoms with Crippen LogP contribution < -0.4 is 0 Å². The highest BCUT2D eigenvalue weighted by Gasteiger charge is 2.32. The van der Waals surface area contributed by atoms with E-state index in [0.29, 0.717) is 17.7 Å². The molecular weight excluding hydrogens is 324 g/mol. The molecular formula is C18H22N2O3S. The Hall–Kier alpha value is -2.21. The van der Waals surface area contributed by atoms with Crippen molar-refractivity contribution in [1.29, 1.82) is 0 Å². The monoisotopic (exact) mass is 346 g/mol. The van der Waals surface area contributed by atoms with Crippen LogP contribution >= 0.6 is 11.3 Å². The lowest BCUT2D eigenvalue weighted by atomic mass is 10.1. The summed E-state index contributed by atoms with van der Waals surface area (Å²) in [5.74, 6) is -0.609. The maximum Gasteiger partial charge on any atom is 0.337 e. The number of amides is 1. The summed E-state index contributed by atoms with van der Waals surface area (Å²) < 4.78 is 4.73. The van der Waals surface area contributed by atoms with Gasteiger partial charge in [0.1, 0.15) is 5.01 Å². The van der Waals surface area contributed by atoms with Gasteiger partial charge in [0.25, 0.3) is 5.91 Å². The number of aromatic nitrogens is 1. The van der Waals surface area contributed by atoms with Gasteiger partial charge in [-0.15, -0.1) is 11.3 Å². The first-order valence-corrected chi connectivity index (χ1v) is 8.71. The number of esters is 1. The van der Waals surface area contributed by atoms with Crippen molar-refractivity contribution < 1.29 is 14.3 Å². The van der Waals surface area contributed by atoms with E-state index in [1.54, 1.807) is 24.3 Å². The lowest BCUT2D eigenvalue weighted by Crippen LogP contribution is -2.31. The van der Waals surface area contributed by atoms with Crippen LogP contribution in [0.15, 0.2) is 41.3 Å². The molecule has 1 aliphatic rings. The SMILES string of the molecule is C=C/C(=C\C(=C/C)C(=O)OC)C(=O)N1CCCC1c1nc(C)cs1. The number of likely N-dealkylation sites (tertiary alicyclic amines) is 1. The third-order valence-corrected chi connectivity index (χ3v) is 5.01. The number of rotatable bonds is 5. The number of aryl methyl sites for hydroxylation is 1. The molecule has 1 unspecified atom stereocenters. The molecule has 1 aromatic rings. The van der Waals surface area contributed by atoms with Gasteiger partial charge in [-0.25, -0.2) is 9.78 Å². The topological polar surface area (TPSA) is 59.5 Å². The van der Waals surface area contributed by atoms with Gasteiger partial charge in [-0.3, -0.25) is 4.79 Å². The van der Waals surface area contributed by atoms with E-state index >= 15 is 0 Å². The highest BCUT2D eigenvalue weighted by Crippen LogP contribution is 2.34. The summed E-state index contributed by atoms with van der Waals surface area (Å²) in [5.41, 5.74) is 1.69. The number of thiazole rings is 1. The number of allylic oxidation sites excluding steroid dienone is 1. The van der Waals surface area contributed by atoms with Crippen molar-refractivity contribution in [2.24, 2.45) is 0 Å². The quantitative estimate of drug-likeness (QED) is 0.466. The summed E-state index contributed by atoms with van der Waals surface area (Å²) in [4.78, 5) is 31.0. The Morgan fingerprint density at radius 2 is 2.21 bits per heavy atom. The van der Waals surface area contributed by atoms with Crippen LogP contribution in [0.25, 0.3) is 0 Å². The van der Waals surface area contributed by atoms with Crippen LogP contribution in [0.1, 0.15) is 36.5 Å². The van der Waals surface area contributed by atoms with Crippen LogP contribution in [0, 0.1) is 6.92 Å². The zero-order valence-corrected chi connectivity index (χ0v) is 15.1. The first-order valence-electron chi connectivity index (χ1n) is 7.83. The third-order valence-electron chi connectivity index (χ3n) is 3.95. The van der Waals surface area contributed by atoms with Gasteiger partial charge in [-0.2, -0.15) is 0 Å². The number of carbonyl (C=O) groups excluding carboxylic acids is 2. The van der Waals surface area contributed by atoms with Crippen molar-refractivity contribution >= 4 is 23.2 Å². The molecule has 1 atom stereocenters. The molecule has 0 bridgehead atoms. The Bertz CT molecular complexity index is 703. The van der Waals surface area contributed by atoms with Gasteiger partial charge in [0.05, 0.1) is 18.7 Å². The van der Waals surface area contributed by atoms with Gasteiger partial charge in [0, 0.05) is 23.2 Å². The van der Waals surface area contributed by atoms with Crippen LogP contribution in [0.5, 0.6) is 0 Å². The van der Waals surface area contributed by atoms with E-state index in [0.717, 1.165) is 23.5 Å². The normalized spacial score (nSPS) is 18.6. The van der Waals surface area contributed by atoms with E-state index in [4.69, 9.17) is 4.74 Å². The maximum absolute atomic E-state index is 12.9. The molecule has 128 valence electrons. The minimum Gasteiger partial charge on any atom is -0.465 e. The highest BCUT2D eigenvalue weighted by atomic mass is 32.1. The first kappa shape index (κ1) is 18.1. The summed E-state index contributed by atoms with van der Waals surface area (Å²) in [5, 5.41) is 2.96. The van der Waals surface area contributed by atoms with Crippen LogP contribution in [0.2, 0.25) is 0 Å². The number of methoxy groups -OCH3 is 1. The average Bonchev–Trinajstić information content (AvgIpc) is 3.23. The fraction of sp³-hybridized carbons (Fsp3) is 0.389. The molecule has 1 saturated heterocycles. The fourth-order valence-corrected chi connectivity index (χ4v) is 3.65. The molecule has 0 aromatic carbocycles. The molecule has 2 rings (SSSR count). The molecule has 1 amide bonds. The summed E-state index contributed by atoms with van der Waals surface area (Å²) in [6.45, 7) is 8.07. The summed E-state index contributed by atoms with van der Waals surface area (Å²) >= 11 is 1.58. The van der Waals surface area contributed by atoms with Crippen molar-refractivity contribution in [2.75, 3.05) is 13.7 Å². The van der Waals surface area contributed by atoms with Crippen molar-refractivity contribution in [3.05, 3.63) is 52.0 Å².